The van der Waals surface area contributed by atoms with E-state index in [1.165, 1.54) is 11.1 Å². The monoisotopic (exact) mass is 308 g/mol. The zero-order chi connectivity index (χ0) is 16.2. The van der Waals surface area contributed by atoms with Crippen LogP contribution in [0.4, 0.5) is 17.5 Å². The number of aryl methyl sites for hydroxylation is 3. The summed E-state index contributed by atoms with van der Waals surface area (Å²) in [6.07, 6.45) is 1.65. The molecule has 1 aromatic carbocycles. The van der Waals surface area contributed by atoms with Crippen LogP contribution in [-0.4, -0.2) is 9.97 Å². The fourth-order valence-electron chi connectivity index (χ4n) is 2.38. The molecule has 0 saturated heterocycles. The number of rotatable bonds is 5. The van der Waals surface area contributed by atoms with Crippen molar-refractivity contribution in [3.8, 4) is 0 Å². The summed E-state index contributed by atoms with van der Waals surface area (Å²) in [5.41, 5.74) is 4.37. The first kappa shape index (κ1) is 15.1. The third-order valence-electron chi connectivity index (χ3n) is 3.50. The molecule has 3 rings (SSSR count). The average molecular weight is 308 g/mol. The van der Waals surface area contributed by atoms with Crippen molar-refractivity contribution in [2.45, 2.75) is 27.3 Å². The van der Waals surface area contributed by atoms with Gasteiger partial charge in [-0.25, -0.2) is 4.98 Å². The standard InChI is InChI=1S/C18H20N4O/c1-12-6-7-16(13(2)9-12)21-17-10-14(3)20-18(22-17)19-11-15-5-4-8-23-15/h4-10H,11H2,1-3H3,(H2,19,20,21,22). The smallest absolute Gasteiger partial charge is 0.225 e. The molecule has 2 heterocycles. The second-order valence-electron chi connectivity index (χ2n) is 5.59. The van der Waals surface area contributed by atoms with Crippen LogP contribution in [0.15, 0.2) is 47.1 Å². The van der Waals surface area contributed by atoms with E-state index in [0.29, 0.717) is 12.5 Å². The summed E-state index contributed by atoms with van der Waals surface area (Å²) in [7, 11) is 0. The van der Waals surface area contributed by atoms with Crippen molar-refractivity contribution in [1.29, 1.82) is 0 Å². The number of nitrogens with one attached hydrogen (secondary N) is 2. The Hall–Kier alpha value is -2.82. The van der Waals surface area contributed by atoms with E-state index in [-0.39, 0.29) is 0 Å². The molecule has 0 spiro atoms. The largest absolute Gasteiger partial charge is 0.467 e. The normalized spacial score (nSPS) is 10.6. The van der Waals surface area contributed by atoms with E-state index >= 15 is 0 Å². The average Bonchev–Trinajstić information content (AvgIpc) is 3.01. The van der Waals surface area contributed by atoms with Gasteiger partial charge in [0.2, 0.25) is 5.95 Å². The van der Waals surface area contributed by atoms with Gasteiger partial charge in [0.1, 0.15) is 11.6 Å². The van der Waals surface area contributed by atoms with Crippen molar-refractivity contribution in [3.63, 3.8) is 0 Å². The highest BCUT2D eigenvalue weighted by Gasteiger charge is 2.05. The Morgan fingerprint density at radius 3 is 2.65 bits per heavy atom. The molecule has 0 amide bonds. The fraction of sp³-hybridized carbons (Fsp3) is 0.222. The molecule has 118 valence electrons. The number of hydrogen-bond donors (Lipinski definition) is 2. The van der Waals surface area contributed by atoms with E-state index < -0.39 is 0 Å². The second kappa shape index (κ2) is 6.52. The van der Waals surface area contributed by atoms with E-state index in [1.54, 1.807) is 6.26 Å². The zero-order valence-corrected chi connectivity index (χ0v) is 13.6. The Kier molecular flexibility index (Phi) is 4.28. The lowest BCUT2D eigenvalue weighted by atomic mass is 10.1. The van der Waals surface area contributed by atoms with E-state index in [0.717, 1.165) is 23.0 Å². The summed E-state index contributed by atoms with van der Waals surface area (Å²) < 4.78 is 5.30. The van der Waals surface area contributed by atoms with Crippen molar-refractivity contribution < 1.29 is 4.42 Å². The number of anilines is 3. The lowest BCUT2D eigenvalue weighted by molar-refractivity contribution is 0.517. The molecule has 0 aliphatic carbocycles. The van der Waals surface area contributed by atoms with Gasteiger partial charge < -0.3 is 15.1 Å². The number of benzene rings is 1. The second-order valence-corrected chi connectivity index (χ2v) is 5.59. The molecule has 2 N–H and O–H groups in total. The highest BCUT2D eigenvalue weighted by molar-refractivity contribution is 5.61. The Labute approximate surface area is 135 Å². The Morgan fingerprint density at radius 1 is 1.04 bits per heavy atom. The van der Waals surface area contributed by atoms with Crippen LogP contribution in [0.5, 0.6) is 0 Å². The molecule has 0 unspecified atom stereocenters. The van der Waals surface area contributed by atoms with Crippen molar-refractivity contribution in [2.24, 2.45) is 0 Å². The van der Waals surface area contributed by atoms with Gasteiger partial charge in [0.25, 0.3) is 0 Å². The molecule has 5 nitrogen and oxygen atoms in total. The first-order valence-electron chi connectivity index (χ1n) is 7.56. The van der Waals surface area contributed by atoms with Gasteiger partial charge in [-0.05, 0) is 44.5 Å². The molecule has 0 aliphatic rings. The van der Waals surface area contributed by atoms with Crippen LogP contribution in [0.25, 0.3) is 0 Å². The van der Waals surface area contributed by atoms with Gasteiger partial charge in [-0.15, -0.1) is 0 Å². The molecule has 0 fully saturated rings. The number of hydrogen-bond acceptors (Lipinski definition) is 5. The Balaban J connectivity index is 1.77. The van der Waals surface area contributed by atoms with E-state index in [1.807, 2.05) is 25.1 Å². The van der Waals surface area contributed by atoms with Crippen LogP contribution < -0.4 is 10.6 Å². The molecule has 0 radical (unpaired) electrons. The van der Waals surface area contributed by atoms with Gasteiger partial charge in [0.15, 0.2) is 0 Å². The maximum atomic E-state index is 5.30. The van der Waals surface area contributed by atoms with Crippen LogP contribution in [0.3, 0.4) is 0 Å². The first-order valence-corrected chi connectivity index (χ1v) is 7.56. The van der Waals surface area contributed by atoms with Gasteiger partial charge >= 0.3 is 0 Å². The maximum Gasteiger partial charge on any atom is 0.225 e. The van der Waals surface area contributed by atoms with Crippen LogP contribution in [0.2, 0.25) is 0 Å². The van der Waals surface area contributed by atoms with Gasteiger partial charge in [-0.2, -0.15) is 4.98 Å². The molecule has 23 heavy (non-hydrogen) atoms. The Morgan fingerprint density at radius 2 is 1.91 bits per heavy atom. The molecule has 3 aromatic rings. The minimum atomic E-state index is 0.555. The Bertz CT molecular complexity index is 797. The number of aromatic nitrogens is 2. The molecule has 5 heteroatoms. The van der Waals surface area contributed by atoms with Crippen molar-refractivity contribution in [2.75, 3.05) is 10.6 Å². The summed E-state index contributed by atoms with van der Waals surface area (Å²) in [6.45, 7) is 6.67. The first-order chi connectivity index (χ1) is 11.1. The van der Waals surface area contributed by atoms with Crippen LogP contribution in [-0.2, 0) is 6.54 Å². The highest BCUT2D eigenvalue weighted by Crippen LogP contribution is 2.21. The van der Waals surface area contributed by atoms with Crippen molar-refractivity contribution >= 4 is 17.5 Å². The predicted octanol–water partition coefficient (Wildman–Crippen LogP) is 4.35. The molecule has 0 bridgehead atoms. The minimum absolute atomic E-state index is 0.555. The summed E-state index contributed by atoms with van der Waals surface area (Å²) in [5, 5.41) is 6.54. The van der Waals surface area contributed by atoms with E-state index in [2.05, 4.69) is 52.6 Å². The lowest BCUT2D eigenvalue weighted by Gasteiger charge is -2.12. The zero-order valence-electron chi connectivity index (χ0n) is 13.6. The van der Waals surface area contributed by atoms with Crippen LogP contribution in [0, 0.1) is 20.8 Å². The molecule has 0 aliphatic heterocycles. The third kappa shape index (κ3) is 3.88. The van der Waals surface area contributed by atoms with Crippen molar-refractivity contribution in [3.05, 3.63) is 65.2 Å². The van der Waals surface area contributed by atoms with E-state index in [9.17, 15) is 0 Å². The highest BCUT2D eigenvalue weighted by atomic mass is 16.3. The fourth-order valence-corrected chi connectivity index (χ4v) is 2.38. The summed E-state index contributed by atoms with van der Waals surface area (Å²) >= 11 is 0. The summed E-state index contributed by atoms with van der Waals surface area (Å²) in [5.74, 6) is 2.19. The lowest BCUT2D eigenvalue weighted by Crippen LogP contribution is -2.06. The van der Waals surface area contributed by atoms with E-state index in [4.69, 9.17) is 4.42 Å². The topological polar surface area (TPSA) is 63.0 Å². The minimum Gasteiger partial charge on any atom is -0.467 e. The molecule has 2 aromatic heterocycles. The van der Waals surface area contributed by atoms with Crippen LogP contribution in [0.1, 0.15) is 22.6 Å². The molecular formula is C18H20N4O. The van der Waals surface area contributed by atoms with Gasteiger partial charge in [-0.3, -0.25) is 0 Å². The van der Waals surface area contributed by atoms with Gasteiger partial charge in [0.05, 0.1) is 12.8 Å². The number of nitrogens with zero attached hydrogens (tertiary/aromatic N) is 2. The SMILES string of the molecule is Cc1ccc(Nc2cc(C)nc(NCc3ccco3)n2)c(C)c1. The molecule has 0 atom stereocenters. The predicted molar refractivity (Wildman–Crippen MR) is 92.0 cm³/mol. The molecular weight excluding hydrogens is 288 g/mol. The third-order valence-corrected chi connectivity index (χ3v) is 3.50. The van der Waals surface area contributed by atoms with Gasteiger partial charge in [-0.1, -0.05) is 17.7 Å². The molecule has 0 saturated carbocycles. The quantitative estimate of drug-likeness (QED) is 0.733. The van der Waals surface area contributed by atoms with Crippen molar-refractivity contribution in [1.82, 2.24) is 9.97 Å². The number of furan rings is 1. The maximum absolute atomic E-state index is 5.30. The summed E-state index contributed by atoms with van der Waals surface area (Å²) in [6, 6.07) is 12.0. The summed E-state index contributed by atoms with van der Waals surface area (Å²) in [4.78, 5) is 8.92. The van der Waals surface area contributed by atoms with Crippen LogP contribution >= 0.6 is 0 Å². The van der Waals surface area contributed by atoms with Gasteiger partial charge in [0, 0.05) is 17.4 Å².